The predicted octanol–water partition coefficient (Wildman–Crippen LogP) is 4.51. The van der Waals surface area contributed by atoms with Crippen LogP contribution in [0.4, 0.5) is 22.0 Å². The van der Waals surface area contributed by atoms with Crippen LogP contribution in [0, 0.1) is 0 Å². The van der Waals surface area contributed by atoms with E-state index in [0.717, 1.165) is 6.07 Å². The van der Waals surface area contributed by atoms with Crippen molar-refractivity contribution in [3.63, 3.8) is 0 Å². The largest absolute Gasteiger partial charge is 0.455 e. The van der Waals surface area contributed by atoms with Crippen molar-refractivity contribution in [1.82, 2.24) is 4.98 Å². The molecule has 2 aromatic rings. The Bertz CT molecular complexity index is 645. The lowest BCUT2D eigenvalue weighted by atomic mass is 10.0. The van der Waals surface area contributed by atoms with Crippen LogP contribution in [0.2, 0.25) is 5.15 Å². The second-order valence-corrected chi connectivity index (χ2v) is 4.52. The average Bonchev–Trinajstić information content (AvgIpc) is 2.35. The van der Waals surface area contributed by atoms with Crippen molar-refractivity contribution in [3.05, 3.63) is 41.0 Å². The molecule has 0 unspecified atom stereocenters. The molecule has 9 heteroatoms. The summed E-state index contributed by atoms with van der Waals surface area (Å²) in [5, 5.41) is -0.0968. The van der Waals surface area contributed by atoms with Crippen LogP contribution in [0.15, 0.2) is 30.3 Å². The Hall–Kier alpha value is -1.18. The Morgan fingerprint density at radius 3 is 2.24 bits per heavy atom. The Labute approximate surface area is 127 Å². The molecule has 0 saturated heterocycles. The minimum absolute atomic E-state index is 0. The molecular weight excluding hydrogens is 338 g/mol. The molecule has 0 amide bonds. The monoisotopic (exact) mass is 346 g/mol. The summed E-state index contributed by atoms with van der Waals surface area (Å²) < 4.78 is 63.5. The van der Waals surface area contributed by atoms with Gasteiger partial charge in [-0.3, -0.25) is 0 Å². The van der Waals surface area contributed by atoms with Crippen molar-refractivity contribution in [1.29, 1.82) is 0 Å². The topological polar surface area (TPSA) is 38.9 Å². The number of rotatable bonds is 2. The molecule has 1 aromatic heterocycles. The van der Waals surface area contributed by atoms with Crippen LogP contribution in [-0.4, -0.2) is 17.1 Å². The molecule has 1 atom stereocenters. The van der Waals surface area contributed by atoms with Crippen molar-refractivity contribution in [3.8, 4) is 0 Å². The number of nitrogens with zero attached hydrogens (tertiary/aromatic N) is 1. The Balaban J connectivity index is 0.00000220. The molecule has 116 valence electrons. The lowest BCUT2D eigenvalue weighted by molar-refractivity contribution is -0.291. The summed E-state index contributed by atoms with van der Waals surface area (Å²) in [5.41, 5.74) is 4.89. The minimum Gasteiger partial charge on any atom is -0.319 e. The molecule has 1 heterocycles. The van der Waals surface area contributed by atoms with Crippen LogP contribution < -0.4 is 5.73 Å². The first-order valence-electron chi connectivity index (χ1n) is 5.40. The highest BCUT2D eigenvalue weighted by Gasteiger charge is 2.62. The van der Waals surface area contributed by atoms with Crippen LogP contribution in [0.1, 0.15) is 11.6 Å². The Morgan fingerprint density at radius 2 is 1.67 bits per heavy atom. The number of hydrogen-bond donors (Lipinski definition) is 1. The van der Waals surface area contributed by atoms with Gasteiger partial charge in [-0.1, -0.05) is 29.8 Å². The fraction of sp³-hybridized carbons (Fsp3) is 0.250. The zero-order chi connectivity index (χ0) is 15.1. The summed E-state index contributed by atoms with van der Waals surface area (Å²) >= 11 is 5.66. The van der Waals surface area contributed by atoms with Crippen LogP contribution in [0.5, 0.6) is 0 Å². The van der Waals surface area contributed by atoms with Crippen LogP contribution in [0.3, 0.4) is 0 Å². The molecule has 0 aliphatic rings. The van der Waals surface area contributed by atoms with E-state index in [2.05, 4.69) is 4.98 Å². The fourth-order valence-corrected chi connectivity index (χ4v) is 1.96. The number of nitrogens with two attached hydrogens (primary N) is 1. The number of pyridine rings is 1. The summed E-state index contributed by atoms with van der Waals surface area (Å²) in [6, 6.07) is 4.77. The lowest BCUT2D eigenvalue weighted by Crippen LogP contribution is -2.46. The maximum Gasteiger partial charge on any atom is 0.455 e. The maximum absolute atomic E-state index is 13.3. The molecule has 2 N–H and O–H groups in total. The zero-order valence-electron chi connectivity index (χ0n) is 10.2. The maximum atomic E-state index is 13.3. The first-order chi connectivity index (χ1) is 9.14. The third kappa shape index (κ3) is 3.20. The Morgan fingerprint density at radius 1 is 1.10 bits per heavy atom. The van der Waals surface area contributed by atoms with Gasteiger partial charge in [-0.05, 0) is 12.1 Å². The zero-order valence-corrected chi connectivity index (χ0v) is 11.7. The molecule has 0 radical (unpaired) electrons. The van der Waals surface area contributed by atoms with Crippen molar-refractivity contribution >= 4 is 34.9 Å². The van der Waals surface area contributed by atoms with Gasteiger partial charge >= 0.3 is 12.1 Å². The van der Waals surface area contributed by atoms with Gasteiger partial charge in [-0.15, -0.1) is 12.4 Å². The van der Waals surface area contributed by atoms with Gasteiger partial charge < -0.3 is 5.73 Å². The number of benzene rings is 1. The summed E-state index contributed by atoms with van der Waals surface area (Å²) in [5.74, 6) is -5.10. The molecule has 2 nitrogen and oxygen atoms in total. The van der Waals surface area contributed by atoms with Gasteiger partial charge in [0, 0.05) is 10.9 Å². The van der Waals surface area contributed by atoms with Crippen LogP contribution >= 0.6 is 24.0 Å². The Kier molecular flexibility index (Phi) is 5.02. The summed E-state index contributed by atoms with van der Waals surface area (Å²) in [7, 11) is 0. The molecule has 0 fully saturated rings. The predicted molar refractivity (Wildman–Crippen MR) is 71.9 cm³/mol. The molecule has 0 bridgehead atoms. The quantitative estimate of drug-likeness (QED) is 0.641. The van der Waals surface area contributed by atoms with E-state index in [0.29, 0.717) is 10.9 Å². The van der Waals surface area contributed by atoms with E-state index in [4.69, 9.17) is 17.3 Å². The number of halogens is 7. The second kappa shape index (κ2) is 5.90. The van der Waals surface area contributed by atoms with Crippen molar-refractivity contribution < 1.29 is 22.0 Å². The first kappa shape index (κ1) is 17.9. The van der Waals surface area contributed by atoms with E-state index in [1.165, 1.54) is 6.07 Å². The van der Waals surface area contributed by atoms with Crippen molar-refractivity contribution in [2.45, 2.75) is 18.1 Å². The SMILES string of the molecule is Cl.N[C@@H](c1cc2ccccc2nc1Cl)C(F)(F)C(F)(F)F. The molecule has 21 heavy (non-hydrogen) atoms. The van der Waals surface area contributed by atoms with Gasteiger partial charge in [0.05, 0.1) is 5.52 Å². The number of hydrogen-bond acceptors (Lipinski definition) is 2. The first-order valence-corrected chi connectivity index (χ1v) is 5.77. The van der Waals surface area contributed by atoms with Gasteiger partial charge in [-0.25, -0.2) is 4.98 Å². The van der Waals surface area contributed by atoms with Gasteiger partial charge in [0.15, 0.2) is 0 Å². The summed E-state index contributed by atoms with van der Waals surface area (Å²) in [6.45, 7) is 0. The van der Waals surface area contributed by atoms with Crippen molar-refractivity contribution in [2.75, 3.05) is 0 Å². The van der Waals surface area contributed by atoms with Crippen LogP contribution in [0.25, 0.3) is 10.9 Å². The summed E-state index contributed by atoms with van der Waals surface area (Å²) in [6.07, 6.45) is -5.76. The minimum atomic E-state index is -5.76. The van der Waals surface area contributed by atoms with Gasteiger partial charge in [-0.2, -0.15) is 22.0 Å². The highest BCUT2D eigenvalue weighted by molar-refractivity contribution is 6.30. The molecule has 0 aliphatic carbocycles. The number of fused-ring (bicyclic) bond motifs is 1. The number of alkyl halides is 5. The smallest absolute Gasteiger partial charge is 0.319 e. The van der Waals surface area contributed by atoms with Gasteiger partial charge in [0.1, 0.15) is 11.2 Å². The molecule has 0 saturated carbocycles. The number of aromatic nitrogens is 1. The molecule has 0 aliphatic heterocycles. The van der Waals surface area contributed by atoms with E-state index < -0.39 is 28.9 Å². The fourth-order valence-electron chi connectivity index (χ4n) is 1.70. The lowest BCUT2D eigenvalue weighted by Gasteiger charge is -2.26. The van der Waals surface area contributed by atoms with E-state index in [1.54, 1.807) is 18.2 Å². The van der Waals surface area contributed by atoms with E-state index in [1.807, 2.05) is 0 Å². The molecule has 2 rings (SSSR count). The van der Waals surface area contributed by atoms with E-state index in [9.17, 15) is 22.0 Å². The van der Waals surface area contributed by atoms with Gasteiger partial charge in [0.25, 0.3) is 0 Å². The third-order valence-electron chi connectivity index (χ3n) is 2.81. The van der Waals surface area contributed by atoms with E-state index >= 15 is 0 Å². The molecular formula is C12H9Cl2F5N2. The molecule has 1 aromatic carbocycles. The van der Waals surface area contributed by atoms with Gasteiger partial charge in [0.2, 0.25) is 0 Å². The normalized spacial score (nSPS) is 13.9. The second-order valence-electron chi connectivity index (χ2n) is 4.16. The third-order valence-corrected chi connectivity index (χ3v) is 3.11. The highest BCUT2D eigenvalue weighted by Crippen LogP contribution is 2.44. The average molecular weight is 347 g/mol. The molecule has 0 spiro atoms. The van der Waals surface area contributed by atoms with Crippen LogP contribution in [-0.2, 0) is 0 Å². The van der Waals surface area contributed by atoms with Crippen molar-refractivity contribution in [2.24, 2.45) is 5.73 Å². The highest BCUT2D eigenvalue weighted by atomic mass is 35.5. The summed E-state index contributed by atoms with van der Waals surface area (Å²) in [4.78, 5) is 3.78. The van der Waals surface area contributed by atoms with E-state index in [-0.39, 0.29) is 12.4 Å². The standard InChI is InChI=1S/C12H8ClF5N2.ClH/c13-10-7(9(19)11(14,15)12(16,17)18)5-6-3-1-2-4-8(6)20-10;/h1-5,9H,19H2;1H/t9-;/m0./s1. The number of para-hydroxylation sites is 1.